The Morgan fingerprint density at radius 3 is 2.57 bits per heavy atom. The molecule has 118 valence electrons. The standard InChI is InChI=1S/C16H23F3N2/c1-2-3-7-15(21-10-8-20-9-11-21)13-5-4-6-14(12-13)16(17,18)19/h4-6,12,15,20H,2-3,7-11H2,1H3. The summed E-state index contributed by atoms with van der Waals surface area (Å²) >= 11 is 0. The number of nitrogens with zero attached hydrogens (tertiary/aromatic N) is 1. The molecule has 5 heteroatoms. The second-order valence-corrected chi connectivity index (χ2v) is 5.57. The van der Waals surface area contributed by atoms with Crippen LogP contribution in [0.25, 0.3) is 0 Å². The number of benzene rings is 1. The summed E-state index contributed by atoms with van der Waals surface area (Å²) in [6, 6.07) is 5.92. The molecule has 0 radical (unpaired) electrons. The maximum Gasteiger partial charge on any atom is 0.416 e. The van der Waals surface area contributed by atoms with Crippen molar-refractivity contribution in [3.63, 3.8) is 0 Å². The lowest BCUT2D eigenvalue weighted by atomic mass is 9.97. The van der Waals surface area contributed by atoms with Gasteiger partial charge in [0.25, 0.3) is 0 Å². The van der Waals surface area contributed by atoms with Gasteiger partial charge in [-0.15, -0.1) is 0 Å². The highest BCUT2D eigenvalue weighted by atomic mass is 19.4. The van der Waals surface area contributed by atoms with Crippen LogP contribution < -0.4 is 5.32 Å². The third-order valence-corrected chi connectivity index (χ3v) is 4.02. The van der Waals surface area contributed by atoms with Crippen molar-refractivity contribution in [2.24, 2.45) is 0 Å². The molecule has 1 aromatic rings. The lowest BCUT2D eigenvalue weighted by molar-refractivity contribution is -0.137. The molecule has 21 heavy (non-hydrogen) atoms. The van der Waals surface area contributed by atoms with Gasteiger partial charge >= 0.3 is 6.18 Å². The minimum atomic E-state index is -4.27. The molecule has 0 saturated carbocycles. The van der Waals surface area contributed by atoms with Crippen molar-refractivity contribution in [1.82, 2.24) is 10.2 Å². The van der Waals surface area contributed by atoms with Gasteiger partial charge in [0.2, 0.25) is 0 Å². The van der Waals surface area contributed by atoms with Crippen molar-refractivity contribution >= 4 is 0 Å². The van der Waals surface area contributed by atoms with E-state index in [1.807, 2.05) is 6.07 Å². The van der Waals surface area contributed by atoms with Gasteiger partial charge in [-0.1, -0.05) is 31.9 Å². The fourth-order valence-corrected chi connectivity index (χ4v) is 2.87. The van der Waals surface area contributed by atoms with Gasteiger partial charge in [0.1, 0.15) is 0 Å². The van der Waals surface area contributed by atoms with Gasteiger partial charge in [-0.3, -0.25) is 4.90 Å². The van der Waals surface area contributed by atoms with Crippen molar-refractivity contribution < 1.29 is 13.2 Å². The fraction of sp³-hybridized carbons (Fsp3) is 0.625. The molecule has 2 rings (SSSR count). The summed E-state index contributed by atoms with van der Waals surface area (Å²) in [5.74, 6) is 0. The predicted octanol–water partition coefficient (Wildman–Crippen LogP) is 3.84. The lowest BCUT2D eigenvalue weighted by Gasteiger charge is -2.35. The molecule has 1 saturated heterocycles. The minimum absolute atomic E-state index is 0.0920. The molecular formula is C16H23F3N2. The Kier molecular flexibility index (Phi) is 5.65. The molecule has 2 nitrogen and oxygen atoms in total. The molecule has 1 atom stereocenters. The molecule has 0 aliphatic carbocycles. The van der Waals surface area contributed by atoms with Crippen LogP contribution in [-0.2, 0) is 6.18 Å². The zero-order chi connectivity index (χ0) is 15.3. The summed E-state index contributed by atoms with van der Waals surface area (Å²) in [4.78, 5) is 2.31. The summed E-state index contributed by atoms with van der Waals surface area (Å²) in [5, 5.41) is 3.29. The van der Waals surface area contributed by atoms with E-state index in [0.29, 0.717) is 0 Å². The Bertz CT molecular complexity index is 439. The van der Waals surface area contributed by atoms with Crippen LogP contribution in [0.1, 0.15) is 43.4 Å². The highest BCUT2D eigenvalue weighted by Gasteiger charge is 2.31. The molecule has 0 spiro atoms. The van der Waals surface area contributed by atoms with E-state index in [1.54, 1.807) is 0 Å². The Morgan fingerprint density at radius 1 is 1.24 bits per heavy atom. The van der Waals surface area contributed by atoms with Crippen LogP contribution in [0.4, 0.5) is 13.2 Å². The number of halogens is 3. The van der Waals surface area contributed by atoms with Gasteiger partial charge in [-0.2, -0.15) is 13.2 Å². The Labute approximate surface area is 124 Å². The third-order valence-electron chi connectivity index (χ3n) is 4.02. The topological polar surface area (TPSA) is 15.3 Å². The molecule has 0 aromatic heterocycles. The van der Waals surface area contributed by atoms with E-state index in [9.17, 15) is 13.2 Å². The number of alkyl halides is 3. The molecule has 1 aliphatic rings. The molecular weight excluding hydrogens is 277 g/mol. The number of rotatable bonds is 5. The maximum atomic E-state index is 12.9. The first-order valence-electron chi connectivity index (χ1n) is 7.64. The van der Waals surface area contributed by atoms with Crippen LogP contribution >= 0.6 is 0 Å². The van der Waals surface area contributed by atoms with Gasteiger partial charge in [0, 0.05) is 32.2 Å². The molecule has 1 fully saturated rings. The normalized spacial score (nSPS) is 18.7. The molecule has 1 unspecified atom stereocenters. The molecule has 1 aliphatic heterocycles. The first-order chi connectivity index (χ1) is 10.0. The van der Waals surface area contributed by atoms with Gasteiger partial charge in [-0.25, -0.2) is 0 Å². The number of hydrogen-bond donors (Lipinski definition) is 1. The van der Waals surface area contributed by atoms with Crippen LogP contribution in [0.3, 0.4) is 0 Å². The molecule has 1 N–H and O–H groups in total. The second kappa shape index (κ2) is 7.27. The van der Waals surface area contributed by atoms with E-state index in [0.717, 1.165) is 57.1 Å². The smallest absolute Gasteiger partial charge is 0.314 e. The number of unbranched alkanes of at least 4 members (excludes halogenated alkanes) is 1. The highest BCUT2D eigenvalue weighted by Crippen LogP contribution is 2.33. The molecule has 0 amide bonds. The van der Waals surface area contributed by atoms with Crippen LogP contribution in [0.2, 0.25) is 0 Å². The van der Waals surface area contributed by atoms with Crippen LogP contribution in [0, 0.1) is 0 Å². The van der Waals surface area contributed by atoms with Gasteiger partial charge < -0.3 is 5.32 Å². The monoisotopic (exact) mass is 300 g/mol. The summed E-state index contributed by atoms with van der Waals surface area (Å²) in [6.45, 7) is 5.71. The first-order valence-corrected chi connectivity index (χ1v) is 7.64. The predicted molar refractivity (Wildman–Crippen MR) is 78.2 cm³/mol. The van der Waals surface area contributed by atoms with Crippen molar-refractivity contribution in [3.8, 4) is 0 Å². The zero-order valence-electron chi connectivity index (χ0n) is 12.4. The Morgan fingerprint density at radius 2 is 1.95 bits per heavy atom. The van der Waals surface area contributed by atoms with Gasteiger partial charge in [0.05, 0.1) is 5.56 Å². The van der Waals surface area contributed by atoms with Crippen LogP contribution in [-0.4, -0.2) is 31.1 Å². The van der Waals surface area contributed by atoms with Crippen LogP contribution in [0.15, 0.2) is 24.3 Å². The van der Waals surface area contributed by atoms with E-state index in [-0.39, 0.29) is 6.04 Å². The van der Waals surface area contributed by atoms with Gasteiger partial charge in [-0.05, 0) is 24.1 Å². The van der Waals surface area contributed by atoms with Crippen molar-refractivity contribution in [2.45, 2.75) is 38.4 Å². The van der Waals surface area contributed by atoms with E-state index in [1.165, 1.54) is 12.1 Å². The highest BCUT2D eigenvalue weighted by molar-refractivity contribution is 5.28. The SMILES string of the molecule is CCCCC(c1cccc(C(F)(F)F)c1)N1CCNCC1. The maximum absolute atomic E-state index is 12.9. The summed E-state index contributed by atoms with van der Waals surface area (Å²) in [6.07, 6.45) is -1.26. The number of piperazine rings is 1. The third kappa shape index (κ3) is 4.45. The Hall–Kier alpha value is -1.07. The van der Waals surface area contributed by atoms with E-state index in [2.05, 4.69) is 17.1 Å². The zero-order valence-corrected chi connectivity index (χ0v) is 12.4. The molecule has 1 heterocycles. The minimum Gasteiger partial charge on any atom is -0.314 e. The lowest BCUT2D eigenvalue weighted by Crippen LogP contribution is -2.45. The molecule has 0 bridgehead atoms. The summed E-state index contributed by atoms with van der Waals surface area (Å²) < 4.78 is 38.7. The first kappa shape index (κ1) is 16.3. The quantitative estimate of drug-likeness (QED) is 0.889. The van der Waals surface area contributed by atoms with Crippen LogP contribution in [0.5, 0.6) is 0 Å². The average molecular weight is 300 g/mol. The summed E-state index contributed by atoms with van der Waals surface area (Å²) in [5.41, 5.74) is 0.247. The average Bonchev–Trinajstić information content (AvgIpc) is 2.48. The van der Waals surface area contributed by atoms with Gasteiger partial charge in [0.15, 0.2) is 0 Å². The van der Waals surface area contributed by atoms with E-state index >= 15 is 0 Å². The van der Waals surface area contributed by atoms with Crippen molar-refractivity contribution in [2.75, 3.05) is 26.2 Å². The van der Waals surface area contributed by atoms with Crippen molar-refractivity contribution in [3.05, 3.63) is 35.4 Å². The fourth-order valence-electron chi connectivity index (χ4n) is 2.87. The number of nitrogens with one attached hydrogen (secondary N) is 1. The summed E-state index contributed by atoms with van der Waals surface area (Å²) in [7, 11) is 0. The number of hydrogen-bond acceptors (Lipinski definition) is 2. The van der Waals surface area contributed by atoms with Crippen molar-refractivity contribution in [1.29, 1.82) is 0 Å². The molecule has 1 aromatic carbocycles. The van der Waals surface area contributed by atoms with E-state index in [4.69, 9.17) is 0 Å². The Balaban J connectivity index is 2.22. The largest absolute Gasteiger partial charge is 0.416 e. The second-order valence-electron chi connectivity index (χ2n) is 5.57. The van der Waals surface area contributed by atoms with E-state index < -0.39 is 11.7 Å².